The van der Waals surface area contributed by atoms with Crippen LogP contribution < -0.4 is 15.8 Å². The Morgan fingerprint density at radius 1 is 1.55 bits per heavy atom. The minimum atomic E-state index is -3.90. The molecule has 0 spiro atoms. The van der Waals surface area contributed by atoms with Crippen molar-refractivity contribution in [3.63, 3.8) is 0 Å². The van der Waals surface area contributed by atoms with Gasteiger partial charge in [-0.25, -0.2) is 21.9 Å². The van der Waals surface area contributed by atoms with Crippen LogP contribution in [-0.4, -0.2) is 49.7 Å². The summed E-state index contributed by atoms with van der Waals surface area (Å²) in [4.78, 5) is 11.1. The molecule has 20 heavy (non-hydrogen) atoms. The summed E-state index contributed by atoms with van der Waals surface area (Å²) in [5.41, 5.74) is 4.79. The van der Waals surface area contributed by atoms with Crippen molar-refractivity contribution in [1.29, 1.82) is 0 Å². The van der Waals surface area contributed by atoms with Gasteiger partial charge in [-0.3, -0.25) is 9.48 Å². The number of aromatic nitrogens is 2. The zero-order valence-corrected chi connectivity index (χ0v) is 11.5. The molecule has 0 aromatic carbocycles. The number of nitrogens with one attached hydrogen (secondary N) is 2. The van der Waals surface area contributed by atoms with Crippen molar-refractivity contribution in [2.24, 2.45) is 12.8 Å². The van der Waals surface area contributed by atoms with Crippen LogP contribution in [-0.2, 0) is 21.9 Å². The quantitative estimate of drug-likeness (QED) is 0.561. The monoisotopic (exact) mass is 311 g/mol. The van der Waals surface area contributed by atoms with Gasteiger partial charge in [0.15, 0.2) is 0 Å². The third kappa shape index (κ3) is 4.83. The molecule has 1 amide bonds. The van der Waals surface area contributed by atoms with Crippen LogP contribution in [0.15, 0.2) is 17.3 Å². The molecule has 0 aliphatic rings. The number of sulfonamides is 1. The minimum absolute atomic E-state index is 0.125. The molecular weight excluding hydrogens is 296 g/mol. The number of alkyl halides is 2. The summed E-state index contributed by atoms with van der Waals surface area (Å²) in [6.07, 6.45) is 2.34. The molecule has 1 rings (SSSR count). The first-order valence-corrected chi connectivity index (χ1v) is 6.97. The van der Waals surface area contributed by atoms with Crippen LogP contribution in [0.2, 0.25) is 0 Å². The molecule has 0 unspecified atom stereocenters. The molecule has 0 saturated carbocycles. The van der Waals surface area contributed by atoms with Crippen LogP contribution in [0.4, 0.5) is 8.78 Å². The average molecular weight is 311 g/mol. The summed E-state index contributed by atoms with van der Waals surface area (Å²) in [5, 5.41) is 5.56. The number of rotatable bonds is 7. The van der Waals surface area contributed by atoms with E-state index in [0.29, 0.717) is 0 Å². The molecule has 0 aliphatic carbocycles. The van der Waals surface area contributed by atoms with Gasteiger partial charge in [0.05, 0.1) is 25.8 Å². The second-order valence-corrected chi connectivity index (χ2v) is 5.78. The van der Waals surface area contributed by atoms with Crippen molar-refractivity contribution in [2.75, 3.05) is 19.6 Å². The lowest BCUT2D eigenvalue weighted by Crippen LogP contribution is -2.44. The molecule has 0 radical (unpaired) electrons. The smallest absolute Gasteiger partial charge is 0.277 e. The molecule has 0 fully saturated rings. The van der Waals surface area contributed by atoms with Crippen molar-refractivity contribution in [1.82, 2.24) is 19.8 Å². The lowest BCUT2D eigenvalue weighted by molar-refractivity contribution is -0.121. The third-order valence-corrected chi connectivity index (χ3v) is 3.61. The van der Waals surface area contributed by atoms with Crippen LogP contribution >= 0.6 is 0 Å². The van der Waals surface area contributed by atoms with Crippen LogP contribution in [0.25, 0.3) is 0 Å². The third-order valence-electron chi connectivity index (χ3n) is 2.26. The number of carbonyl (C=O) groups is 1. The number of hydrogen-bond donors (Lipinski definition) is 3. The van der Waals surface area contributed by atoms with Gasteiger partial charge in [0.2, 0.25) is 15.9 Å². The number of hydrogen-bond acceptors (Lipinski definition) is 5. The number of nitrogens with two attached hydrogens (primary N) is 1. The van der Waals surface area contributed by atoms with E-state index in [1.165, 1.54) is 17.9 Å². The van der Waals surface area contributed by atoms with E-state index in [-0.39, 0.29) is 4.90 Å². The summed E-state index contributed by atoms with van der Waals surface area (Å²) in [6.45, 7) is -2.51. The van der Waals surface area contributed by atoms with Crippen molar-refractivity contribution < 1.29 is 22.0 Å². The van der Waals surface area contributed by atoms with Crippen LogP contribution in [0, 0.1) is 0 Å². The summed E-state index contributed by atoms with van der Waals surface area (Å²) in [6, 6.07) is 0. The van der Waals surface area contributed by atoms with Crippen molar-refractivity contribution in [3.8, 4) is 0 Å². The van der Waals surface area contributed by atoms with E-state index < -0.39 is 41.5 Å². The standard InChI is InChI=1S/C9H15F2N5O3S/c1-16-4-7(2-14-16)20(18,19)15-3-8(17)13-6-9(10,11)5-12/h2,4,15H,3,5-6,12H2,1H3,(H,13,17). The van der Waals surface area contributed by atoms with E-state index >= 15 is 0 Å². The van der Waals surface area contributed by atoms with Gasteiger partial charge in [0.1, 0.15) is 4.90 Å². The topological polar surface area (TPSA) is 119 Å². The molecule has 1 heterocycles. The maximum absolute atomic E-state index is 12.8. The second kappa shape index (κ2) is 6.24. The normalized spacial score (nSPS) is 12.4. The van der Waals surface area contributed by atoms with E-state index in [9.17, 15) is 22.0 Å². The maximum Gasteiger partial charge on any atom is 0.277 e. The van der Waals surface area contributed by atoms with Gasteiger partial charge in [-0.15, -0.1) is 0 Å². The van der Waals surface area contributed by atoms with Crippen molar-refractivity contribution in [3.05, 3.63) is 12.4 Å². The maximum atomic E-state index is 12.8. The van der Waals surface area contributed by atoms with E-state index in [1.54, 1.807) is 0 Å². The number of aryl methyl sites for hydroxylation is 1. The van der Waals surface area contributed by atoms with E-state index in [2.05, 4.69) is 5.10 Å². The number of amides is 1. The zero-order valence-electron chi connectivity index (χ0n) is 10.6. The first-order valence-electron chi connectivity index (χ1n) is 5.49. The van der Waals surface area contributed by atoms with Crippen molar-refractivity contribution >= 4 is 15.9 Å². The average Bonchev–Trinajstić information content (AvgIpc) is 2.82. The summed E-state index contributed by atoms with van der Waals surface area (Å²) in [7, 11) is -2.37. The molecule has 0 bridgehead atoms. The van der Waals surface area contributed by atoms with Crippen LogP contribution in [0.3, 0.4) is 0 Å². The summed E-state index contributed by atoms with van der Waals surface area (Å²) < 4.78 is 52.2. The van der Waals surface area contributed by atoms with Crippen molar-refractivity contribution in [2.45, 2.75) is 10.8 Å². The van der Waals surface area contributed by atoms with Crippen LogP contribution in [0.5, 0.6) is 0 Å². The molecule has 11 heteroatoms. The molecular formula is C9H15F2N5O3S. The Hall–Kier alpha value is -1.59. The predicted molar refractivity (Wildman–Crippen MR) is 65.4 cm³/mol. The summed E-state index contributed by atoms with van der Waals surface area (Å²) >= 11 is 0. The predicted octanol–water partition coefficient (Wildman–Crippen LogP) is -1.59. The van der Waals surface area contributed by atoms with E-state index in [1.807, 2.05) is 10.0 Å². The Bertz CT molecular complexity index is 572. The Morgan fingerprint density at radius 2 is 2.20 bits per heavy atom. The largest absolute Gasteiger partial charge is 0.349 e. The van der Waals surface area contributed by atoms with E-state index in [0.717, 1.165) is 6.20 Å². The highest BCUT2D eigenvalue weighted by atomic mass is 32.2. The number of carbonyl (C=O) groups excluding carboxylic acids is 1. The zero-order chi connectivity index (χ0) is 15.4. The molecule has 1 aromatic rings. The highest BCUT2D eigenvalue weighted by Crippen LogP contribution is 2.08. The number of halogens is 2. The van der Waals surface area contributed by atoms with Gasteiger partial charge < -0.3 is 11.1 Å². The highest BCUT2D eigenvalue weighted by molar-refractivity contribution is 7.89. The molecule has 8 nitrogen and oxygen atoms in total. The first-order chi connectivity index (χ1) is 9.16. The van der Waals surface area contributed by atoms with Gasteiger partial charge >= 0.3 is 0 Å². The Morgan fingerprint density at radius 3 is 2.70 bits per heavy atom. The molecule has 0 aliphatic heterocycles. The second-order valence-electron chi connectivity index (χ2n) is 4.01. The van der Waals surface area contributed by atoms with Crippen LogP contribution in [0.1, 0.15) is 0 Å². The Kier molecular flexibility index (Phi) is 5.14. The molecule has 114 valence electrons. The van der Waals surface area contributed by atoms with E-state index in [4.69, 9.17) is 5.73 Å². The summed E-state index contributed by atoms with van der Waals surface area (Å²) in [5.74, 6) is -4.11. The van der Waals surface area contributed by atoms with Gasteiger partial charge in [-0.2, -0.15) is 5.10 Å². The van der Waals surface area contributed by atoms with Gasteiger partial charge in [0.25, 0.3) is 5.92 Å². The molecule has 4 N–H and O–H groups in total. The van der Waals surface area contributed by atoms with Gasteiger partial charge in [-0.05, 0) is 0 Å². The number of nitrogens with zero attached hydrogens (tertiary/aromatic N) is 2. The molecule has 0 atom stereocenters. The fourth-order valence-corrected chi connectivity index (χ4v) is 2.11. The Labute approximate surface area is 114 Å². The molecule has 1 aromatic heterocycles. The lowest BCUT2D eigenvalue weighted by Gasteiger charge is -2.14. The minimum Gasteiger partial charge on any atom is -0.349 e. The first kappa shape index (κ1) is 16.5. The van der Waals surface area contributed by atoms with Gasteiger partial charge in [0, 0.05) is 13.2 Å². The fourth-order valence-electron chi connectivity index (χ4n) is 1.14. The SMILES string of the molecule is Cn1cc(S(=O)(=O)NCC(=O)NCC(F)(F)CN)cn1. The lowest BCUT2D eigenvalue weighted by atomic mass is 10.3. The Balaban J connectivity index is 2.49. The molecule has 0 saturated heterocycles. The fraction of sp³-hybridized carbons (Fsp3) is 0.556. The van der Waals surface area contributed by atoms with Gasteiger partial charge in [-0.1, -0.05) is 0 Å². The highest BCUT2D eigenvalue weighted by Gasteiger charge is 2.27.